The first-order valence-electron chi connectivity index (χ1n) is 9.18. The fourth-order valence-corrected chi connectivity index (χ4v) is 3.39. The monoisotopic (exact) mass is 380 g/mol. The van der Waals surface area contributed by atoms with Gasteiger partial charge in [-0.3, -0.25) is 0 Å². The highest BCUT2D eigenvalue weighted by molar-refractivity contribution is 6.01. The van der Waals surface area contributed by atoms with Crippen LogP contribution in [0.3, 0.4) is 0 Å². The minimum atomic E-state index is -0.487. The summed E-state index contributed by atoms with van der Waals surface area (Å²) in [6, 6.07) is 7.42. The van der Waals surface area contributed by atoms with Crippen molar-refractivity contribution in [1.29, 1.82) is 0 Å². The number of carbonyl (C=O) groups excluding carboxylic acids is 2. The van der Waals surface area contributed by atoms with E-state index in [9.17, 15) is 9.59 Å². The average Bonchev–Trinajstić information content (AvgIpc) is 2.69. The zero-order valence-electron chi connectivity index (χ0n) is 16.5. The van der Waals surface area contributed by atoms with Crippen molar-refractivity contribution in [3.63, 3.8) is 0 Å². The molecule has 3 rings (SSSR count). The number of carbonyl (C=O) groups is 2. The lowest BCUT2D eigenvalue weighted by Crippen LogP contribution is -2.24. The molecule has 5 nitrogen and oxygen atoms in total. The van der Waals surface area contributed by atoms with Crippen LogP contribution in [-0.2, 0) is 27.2 Å². The summed E-state index contributed by atoms with van der Waals surface area (Å²) in [6.07, 6.45) is 2.00. The van der Waals surface area contributed by atoms with E-state index < -0.39 is 11.9 Å². The topological polar surface area (TPSA) is 61.8 Å². The van der Waals surface area contributed by atoms with Crippen LogP contribution >= 0.6 is 0 Å². The number of ether oxygens (including phenoxy) is 3. The van der Waals surface area contributed by atoms with Crippen LogP contribution in [0.2, 0.25) is 0 Å². The van der Waals surface area contributed by atoms with Gasteiger partial charge in [0.05, 0.1) is 6.10 Å². The second-order valence-electron chi connectivity index (χ2n) is 7.10. The molecule has 0 aliphatic heterocycles. The van der Waals surface area contributed by atoms with Gasteiger partial charge in [0.2, 0.25) is 0 Å². The molecule has 2 aromatic carbocycles. The molecule has 0 radical (unpaired) electrons. The summed E-state index contributed by atoms with van der Waals surface area (Å²) in [5.74, 6) is 0.0187. The van der Waals surface area contributed by atoms with E-state index in [0.717, 1.165) is 22.9 Å². The number of hydrogen-bond donors (Lipinski definition) is 0. The summed E-state index contributed by atoms with van der Waals surface area (Å²) in [5.41, 5.74) is 2.33. The van der Waals surface area contributed by atoms with Gasteiger partial charge in [-0.25, -0.2) is 9.59 Å². The van der Waals surface area contributed by atoms with Crippen LogP contribution in [0, 0.1) is 0 Å². The maximum absolute atomic E-state index is 12.3. The van der Waals surface area contributed by atoms with Crippen LogP contribution in [0.1, 0.15) is 31.4 Å². The molecular formula is C23H24O5. The molecule has 28 heavy (non-hydrogen) atoms. The first kappa shape index (κ1) is 19.8. The highest BCUT2D eigenvalue weighted by Gasteiger charge is 2.30. The summed E-state index contributed by atoms with van der Waals surface area (Å²) in [4.78, 5) is 24.6. The van der Waals surface area contributed by atoms with Gasteiger partial charge in [-0.05, 0) is 26.7 Å². The van der Waals surface area contributed by atoms with Crippen molar-refractivity contribution in [2.24, 2.45) is 0 Å². The van der Waals surface area contributed by atoms with Crippen molar-refractivity contribution in [2.75, 3.05) is 7.11 Å². The van der Waals surface area contributed by atoms with Gasteiger partial charge < -0.3 is 14.2 Å². The zero-order chi connectivity index (χ0) is 20.4. The smallest absolute Gasteiger partial charge is 0.338 e. The molecule has 1 aliphatic carbocycles. The molecule has 0 N–H and O–H groups in total. The van der Waals surface area contributed by atoms with Crippen molar-refractivity contribution in [3.8, 4) is 11.5 Å². The minimum absolute atomic E-state index is 0.000587. The standard InChI is InChI=1S/C23H24O5/c1-13(2)22(24)27-20-16-8-6-7-9-17(16)21(28-23(25)14(3)4)19-12-15(26-5)10-11-18(19)20/h6-9,15H,1,3,10-12H2,2,4-5H3. The lowest BCUT2D eigenvalue weighted by molar-refractivity contribution is -0.131. The van der Waals surface area contributed by atoms with E-state index in [0.29, 0.717) is 40.9 Å². The summed E-state index contributed by atoms with van der Waals surface area (Å²) < 4.78 is 17.0. The van der Waals surface area contributed by atoms with E-state index in [-0.39, 0.29) is 6.10 Å². The van der Waals surface area contributed by atoms with E-state index >= 15 is 0 Å². The van der Waals surface area contributed by atoms with Crippen molar-refractivity contribution < 1.29 is 23.8 Å². The Morgan fingerprint density at radius 3 is 1.89 bits per heavy atom. The lowest BCUT2D eigenvalue weighted by atomic mass is 9.85. The van der Waals surface area contributed by atoms with Gasteiger partial charge in [-0.2, -0.15) is 0 Å². The number of fused-ring (bicyclic) bond motifs is 2. The molecule has 1 aliphatic rings. The molecule has 146 valence electrons. The Labute approximate surface area is 164 Å². The number of methoxy groups -OCH3 is 1. The Bertz CT molecular complexity index is 986. The molecule has 0 aromatic heterocycles. The quantitative estimate of drug-likeness (QED) is 0.439. The number of benzene rings is 2. The number of esters is 2. The third kappa shape index (κ3) is 3.71. The van der Waals surface area contributed by atoms with Crippen LogP contribution in [0.5, 0.6) is 11.5 Å². The van der Waals surface area contributed by atoms with Gasteiger partial charge in [0.25, 0.3) is 0 Å². The van der Waals surface area contributed by atoms with Gasteiger partial charge in [0.1, 0.15) is 11.5 Å². The van der Waals surface area contributed by atoms with Crippen molar-refractivity contribution in [1.82, 2.24) is 0 Å². The number of rotatable bonds is 5. The van der Waals surface area contributed by atoms with E-state index in [4.69, 9.17) is 14.2 Å². The summed E-state index contributed by atoms with van der Waals surface area (Å²) in [6.45, 7) is 10.6. The molecule has 0 heterocycles. The maximum atomic E-state index is 12.3. The van der Waals surface area contributed by atoms with Crippen molar-refractivity contribution >= 4 is 22.7 Å². The molecule has 1 atom stereocenters. The van der Waals surface area contributed by atoms with E-state index in [2.05, 4.69) is 13.2 Å². The van der Waals surface area contributed by atoms with Gasteiger partial charge in [-0.15, -0.1) is 0 Å². The zero-order valence-corrected chi connectivity index (χ0v) is 16.5. The predicted octanol–water partition coefficient (Wildman–Crippen LogP) is 4.31. The van der Waals surface area contributed by atoms with E-state index in [1.807, 2.05) is 24.3 Å². The molecule has 2 aromatic rings. The highest BCUT2D eigenvalue weighted by Crippen LogP contribution is 2.45. The first-order chi connectivity index (χ1) is 13.3. The van der Waals surface area contributed by atoms with Crippen LogP contribution in [-0.4, -0.2) is 25.2 Å². The summed E-state index contributed by atoms with van der Waals surface area (Å²) in [7, 11) is 1.66. The fourth-order valence-electron chi connectivity index (χ4n) is 3.39. The van der Waals surface area contributed by atoms with E-state index in [1.54, 1.807) is 21.0 Å². The van der Waals surface area contributed by atoms with Crippen molar-refractivity contribution in [2.45, 2.75) is 39.2 Å². The first-order valence-corrected chi connectivity index (χ1v) is 9.18. The third-order valence-corrected chi connectivity index (χ3v) is 4.90. The Morgan fingerprint density at radius 1 is 0.929 bits per heavy atom. The van der Waals surface area contributed by atoms with Gasteiger partial charge in [-0.1, -0.05) is 37.4 Å². The molecule has 0 saturated heterocycles. The summed E-state index contributed by atoms with van der Waals surface area (Å²) >= 11 is 0. The Kier molecular flexibility index (Phi) is 5.66. The SMILES string of the molecule is C=C(C)C(=O)Oc1c2c(c(OC(=O)C(=C)C)c3ccccc13)CC(OC)CC2. The highest BCUT2D eigenvalue weighted by atomic mass is 16.5. The Balaban J connectivity index is 2.27. The molecule has 0 amide bonds. The minimum Gasteiger partial charge on any atom is -0.422 e. The van der Waals surface area contributed by atoms with Gasteiger partial charge in [0.15, 0.2) is 0 Å². The molecule has 0 fully saturated rings. The molecule has 0 saturated carbocycles. The second-order valence-corrected chi connectivity index (χ2v) is 7.10. The van der Waals surface area contributed by atoms with Crippen LogP contribution in [0.25, 0.3) is 10.8 Å². The average molecular weight is 380 g/mol. The normalized spacial score (nSPS) is 15.6. The molecule has 0 bridgehead atoms. The predicted molar refractivity (Wildman–Crippen MR) is 108 cm³/mol. The van der Waals surface area contributed by atoms with Crippen LogP contribution in [0.4, 0.5) is 0 Å². The lowest BCUT2D eigenvalue weighted by Gasteiger charge is -2.28. The molecule has 0 spiro atoms. The maximum Gasteiger partial charge on any atom is 0.338 e. The molecule has 5 heteroatoms. The fraction of sp³-hybridized carbons (Fsp3) is 0.304. The largest absolute Gasteiger partial charge is 0.422 e. The number of hydrogen-bond acceptors (Lipinski definition) is 5. The van der Waals surface area contributed by atoms with E-state index in [1.165, 1.54) is 0 Å². The van der Waals surface area contributed by atoms with Gasteiger partial charge in [0, 0.05) is 46.6 Å². The molecule has 1 unspecified atom stereocenters. The summed E-state index contributed by atoms with van der Waals surface area (Å²) in [5, 5.41) is 1.42. The van der Waals surface area contributed by atoms with Crippen molar-refractivity contribution in [3.05, 3.63) is 59.7 Å². The van der Waals surface area contributed by atoms with Crippen LogP contribution < -0.4 is 9.47 Å². The van der Waals surface area contributed by atoms with Crippen LogP contribution in [0.15, 0.2) is 48.6 Å². The molecular weight excluding hydrogens is 356 g/mol. The Hall–Kier alpha value is -2.92. The second kappa shape index (κ2) is 7.98. The third-order valence-electron chi connectivity index (χ3n) is 4.90. The Morgan fingerprint density at radius 2 is 1.43 bits per heavy atom. The van der Waals surface area contributed by atoms with Gasteiger partial charge >= 0.3 is 11.9 Å².